The number of phenols is 1. The second-order valence-corrected chi connectivity index (χ2v) is 7.50. The van der Waals surface area contributed by atoms with Crippen LogP contribution < -0.4 is 15.4 Å². The molecule has 0 atom stereocenters. The molecule has 1 heterocycles. The number of phenolic OH excluding ortho intramolecular Hbond substituents is 1. The van der Waals surface area contributed by atoms with Crippen LogP contribution in [0.1, 0.15) is 26.3 Å². The Balaban J connectivity index is 0.000000523. The van der Waals surface area contributed by atoms with E-state index in [-0.39, 0.29) is 26.8 Å². The molecule has 2 amide bonds. The number of methoxy groups -OCH3 is 1. The van der Waals surface area contributed by atoms with Gasteiger partial charge in [-0.15, -0.1) is 0 Å². The van der Waals surface area contributed by atoms with E-state index in [1.807, 2.05) is 24.3 Å². The summed E-state index contributed by atoms with van der Waals surface area (Å²) < 4.78 is 9.56. The zero-order valence-electron chi connectivity index (χ0n) is 18.6. The van der Waals surface area contributed by atoms with Gasteiger partial charge in [0.05, 0.1) is 12.6 Å². The number of hydrogen-bond donors (Lipinski definition) is 3. The van der Waals surface area contributed by atoms with Gasteiger partial charge in [-0.05, 0) is 38.5 Å². The SMILES string of the molecule is CC(C)(C)OC([NH-])=O.COc1cc2ncnc(Nc3ccccc3CN[C-]=O)c2cc1O.[W+2]. The maximum Gasteiger partial charge on any atom is 2.00 e. The third kappa shape index (κ3) is 8.57. The van der Waals surface area contributed by atoms with Gasteiger partial charge in [0.1, 0.15) is 17.7 Å². The molecular weight excluding hydrogens is 598 g/mol. The first-order valence-corrected chi connectivity index (χ1v) is 9.56. The number of carbonyl (C=O) groups is 1. The predicted octanol–water partition coefficient (Wildman–Crippen LogP) is 4.22. The fourth-order valence-electron chi connectivity index (χ4n) is 2.67. The van der Waals surface area contributed by atoms with Gasteiger partial charge in [-0.25, -0.2) is 9.97 Å². The average Bonchev–Trinajstić information content (AvgIpc) is 2.72. The van der Waals surface area contributed by atoms with Crippen molar-refractivity contribution in [3.05, 3.63) is 54.0 Å². The van der Waals surface area contributed by atoms with E-state index < -0.39 is 11.7 Å². The Labute approximate surface area is 206 Å². The molecule has 4 N–H and O–H groups in total. The maximum absolute atomic E-state index is 10.4. The Bertz CT molecular complexity index is 1090. The normalized spacial score (nSPS) is 10.2. The van der Waals surface area contributed by atoms with E-state index in [1.165, 1.54) is 13.4 Å². The molecule has 0 aliphatic heterocycles. The number of ether oxygens (including phenoxy) is 2. The van der Waals surface area contributed by atoms with Gasteiger partial charge < -0.3 is 35.7 Å². The summed E-state index contributed by atoms with van der Waals surface area (Å²) in [5, 5.41) is 16.4. The fraction of sp³-hybridized carbons (Fsp3) is 0.273. The second kappa shape index (κ2) is 12.6. The van der Waals surface area contributed by atoms with Crippen molar-refractivity contribution in [1.29, 1.82) is 0 Å². The van der Waals surface area contributed by atoms with Crippen molar-refractivity contribution in [1.82, 2.24) is 15.3 Å². The molecule has 0 fully saturated rings. The van der Waals surface area contributed by atoms with Crippen LogP contribution in [-0.4, -0.2) is 40.3 Å². The molecule has 0 saturated carbocycles. The molecule has 0 spiro atoms. The summed E-state index contributed by atoms with van der Waals surface area (Å²) >= 11 is 0. The van der Waals surface area contributed by atoms with Crippen LogP contribution in [0.2, 0.25) is 0 Å². The van der Waals surface area contributed by atoms with Crippen molar-refractivity contribution in [3.63, 3.8) is 0 Å². The summed E-state index contributed by atoms with van der Waals surface area (Å²) in [6, 6.07) is 10.7. The molecule has 2 aromatic carbocycles. The number of fused-ring (bicyclic) bond motifs is 1. The predicted molar refractivity (Wildman–Crippen MR) is 121 cm³/mol. The van der Waals surface area contributed by atoms with Crippen molar-refractivity contribution in [2.75, 3.05) is 12.4 Å². The maximum atomic E-state index is 10.4. The van der Waals surface area contributed by atoms with E-state index in [9.17, 15) is 14.7 Å². The Morgan fingerprint density at radius 2 is 1.91 bits per heavy atom. The average molecular weight is 623 g/mol. The summed E-state index contributed by atoms with van der Waals surface area (Å²) in [4.78, 5) is 28.8. The van der Waals surface area contributed by atoms with Crippen LogP contribution in [0.5, 0.6) is 11.5 Å². The van der Waals surface area contributed by atoms with Crippen molar-refractivity contribution in [2.45, 2.75) is 32.9 Å². The summed E-state index contributed by atoms with van der Waals surface area (Å²) in [6.45, 7) is 5.51. The van der Waals surface area contributed by atoms with Crippen molar-refractivity contribution >= 4 is 34.9 Å². The Morgan fingerprint density at radius 1 is 1.21 bits per heavy atom. The van der Waals surface area contributed by atoms with E-state index in [2.05, 4.69) is 25.3 Å². The molecule has 3 rings (SSSR count). The largest absolute Gasteiger partial charge is 2.00 e. The number of nitrogens with zero attached hydrogens (tertiary/aromatic N) is 2. The minimum Gasteiger partial charge on any atom is -0.632 e. The first-order chi connectivity index (χ1) is 15.1. The molecule has 0 unspecified atom stereocenters. The monoisotopic (exact) mass is 623 g/mol. The zero-order chi connectivity index (χ0) is 23.7. The molecular formula is C22H25N5O5W. The van der Waals surface area contributed by atoms with E-state index >= 15 is 0 Å². The number of aromatic hydroxyl groups is 1. The van der Waals surface area contributed by atoms with Gasteiger partial charge >= 0.3 is 21.1 Å². The fourth-order valence-corrected chi connectivity index (χ4v) is 2.67. The number of rotatable bonds is 6. The van der Waals surface area contributed by atoms with Crippen molar-refractivity contribution < 1.29 is 45.2 Å². The quantitative estimate of drug-likeness (QED) is 0.274. The van der Waals surface area contributed by atoms with Crippen molar-refractivity contribution in [3.8, 4) is 11.5 Å². The van der Waals surface area contributed by atoms with Crippen LogP contribution in [0.15, 0.2) is 42.7 Å². The first kappa shape index (κ1) is 27.6. The number of amides is 2. The van der Waals surface area contributed by atoms with Crippen LogP contribution in [0, 0.1) is 0 Å². The molecule has 10 nitrogen and oxygen atoms in total. The van der Waals surface area contributed by atoms with Gasteiger partial charge in [-0.1, -0.05) is 18.2 Å². The summed E-state index contributed by atoms with van der Waals surface area (Å²) in [6.07, 6.45) is 2.11. The standard InChI is InChI=1S/C17H15N4O3.C5H11NO2.W/c1-24-16-7-14-12(6-15(16)23)17(20-9-19-14)21-13-5-3-2-4-11(13)8-18-10-22;1-5(2,3)8-4(6)7;/h2-7,9,23H,8H2,1H3,(H,18,22)(H,19,20,21);1-3H3,(H2,6,7);/q-1;;+2/p-1. The molecule has 0 aliphatic carbocycles. The van der Waals surface area contributed by atoms with E-state index in [0.717, 1.165) is 11.3 Å². The molecule has 174 valence electrons. The third-order valence-corrected chi connectivity index (χ3v) is 3.96. The number of para-hydroxylation sites is 1. The number of aromatic nitrogens is 2. The third-order valence-electron chi connectivity index (χ3n) is 3.96. The van der Waals surface area contributed by atoms with E-state index in [4.69, 9.17) is 10.5 Å². The minimum absolute atomic E-state index is 0. The summed E-state index contributed by atoms with van der Waals surface area (Å²) in [5.74, 6) is 0.895. The van der Waals surface area contributed by atoms with Gasteiger partial charge in [0.15, 0.2) is 11.5 Å². The molecule has 0 saturated heterocycles. The van der Waals surface area contributed by atoms with Crippen LogP contribution in [0.3, 0.4) is 0 Å². The Morgan fingerprint density at radius 3 is 2.48 bits per heavy atom. The minimum atomic E-state index is -0.975. The summed E-state index contributed by atoms with van der Waals surface area (Å²) in [7, 11) is 1.48. The Hall–Kier alpha value is -3.39. The topological polar surface area (TPSA) is 146 Å². The van der Waals surface area contributed by atoms with Gasteiger partial charge in [0.2, 0.25) is 6.09 Å². The van der Waals surface area contributed by atoms with E-state index in [0.29, 0.717) is 29.0 Å². The van der Waals surface area contributed by atoms with Gasteiger partial charge in [-0.3, -0.25) is 4.79 Å². The molecule has 3 aromatic rings. The van der Waals surface area contributed by atoms with Crippen LogP contribution in [0.25, 0.3) is 16.6 Å². The van der Waals surface area contributed by atoms with E-state index in [1.54, 1.807) is 39.3 Å². The van der Waals surface area contributed by atoms with Crippen LogP contribution in [0.4, 0.5) is 16.3 Å². The smallest absolute Gasteiger partial charge is 0.632 e. The number of nitrogens with one attached hydrogen (secondary N) is 3. The number of carbonyl (C=O) groups excluding carboxylic acids is 2. The van der Waals surface area contributed by atoms with Gasteiger partial charge in [-0.2, -0.15) is 6.41 Å². The molecule has 0 bridgehead atoms. The molecule has 11 heteroatoms. The zero-order valence-corrected chi connectivity index (χ0v) is 21.6. The Kier molecular flexibility index (Phi) is 10.6. The van der Waals surface area contributed by atoms with Crippen LogP contribution in [-0.2, 0) is 37.1 Å². The molecule has 1 aromatic heterocycles. The molecule has 0 aliphatic rings. The molecule has 0 radical (unpaired) electrons. The second-order valence-electron chi connectivity index (χ2n) is 7.50. The van der Waals surface area contributed by atoms with Crippen molar-refractivity contribution in [2.24, 2.45) is 0 Å². The van der Waals surface area contributed by atoms with Gasteiger partial charge in [0.25, 0.3) is 0 Å². The number of benzene rings is 2. The number of hydrogen-bond acceptors (Lipinski definition) is 8. The van der Waals surface area contributed by atoms with Crippen LogP contribution >= 0.6 is 0 Å². The summed E-state index contributed by atoms with van der Waals surface area (Å²) in [5.41, 5.74) is 8.16. The molecule has 33 heavy (non-hydrogen) atoms. The first-order valence-electron chi connectivity index (χ1n) is 9.56. The van der Waals surface area contributed by atoms with Gasteiger partial charge in [0, 0.05) is 23.7 Å². The number of anilines is 2.